The van der Waals surface area contributed by atoms with Crippen LogP contribution in [0.5, 0.6) is 0 Å². The van der Waals surface area contributed by atoms with Crippen LogP contribution in [-0.2, 0) is 9.47 Å². The summed E-state index contributed by atoms with van der Waals surface area (Å²) >= 11 is 0. The maximum Gasteiger partial charge on any atom is 0.522 e. The topological polar surface area (TPSA) is 176 Å². The van der Waals surface area contributed by atoms with Crippen LogP contribution in [0, 0.1) is 25.1 Å². The van der Waals surface area contributed by atoms with E-state index >= 15 is 0 Å². The van der Waals surface area contributed by atoms with Crippen LogP contribution in [0.1, 0.15) is 13.8 Å². The Morgan fingerprint density at radius 3 is 2.23 bits per heavy atom. The molecule has 0 bridgehead atoms. The third-order valence-corrected chi connectivity index (χ3v) is 2.87. The van der Waals surface area contributed by atoms with Crippen LogP contribution in [-0.4, -0.2) is 49.7 Å². The molecule has 120 valence electrons. The smallest absolute Gasteiger partial charge is 0.358 e. The van der Waals surface area contributed by atoms with Crippen molar-refractivity contribution in [3.8, 4) is 0 Å². The lowest BCUT2D eigenvalue weighted by Crippen LogP contribution is -2.62. The summed E-state index contributed by atoms with van der Waals surface area (Å²) in [6.07, 6.45) is 0. The van der Waals surface area contributed by atoms with Crippen LogP contribution in [0.3, 0.4) is 0 Å². The molecule has 1 aliphatic rings. The summed E-state index contributed by atoms with van der Waals surface area (Å²) in [5, 5.41) is 28.0. The number of nitrogens with zero attached hydrogens (tertiary/aromatic N) is 5. The summed E-state index contributed by atoms with van der Waals surface area (Å²) in [5.74, 6) is -2.66. The Hall–Kier alpha value is -2.74. The molecule has 14 nitrogen and oxygen atoms in total. The van der Waals surface area contributed by atoms with Gasteiger partial charge in [0.2, 0.25) is 4.87 Å². The average molecular weight is 319 g/mol. The van der Waals surface area contributed by atoms with E-state index in [-0.39, 0.29) is 4.87 Å². The lowest BCUT2D eigenvalue weighted by atomic mass is 10.2. The molecule has 1 N–H and O–H groups in total. The SMILES string of the molecule is CC1(C)OCC([N+](=O)[O-])([N+](=O)Nc2nonc2[N+](=O)[O-])CO1. The van der Waals surface area contributed by atoms with Gasteiger partial charge in [-0.15, -0.1) is 4.63 Å². The molecule has 14 heteroatoms. The molecule has 1 fully saturated rings. The van der Waals surface area contributed by atoms with Gasteiger partial charge in [0, 0.05) is 5.16 Å². The molecule has 0 atom stereocenters. The van der Waals surface area contributed by atoms with Gasteiger partial charge in [-0.1, -0.05) is 5.43 Å². The predicted molar refractivity (Wildman–Crippen MR) is 63.9 cm³/mol. The van der Waals surface area contributed by atoms with Crippen molar-refractivity contribution in [2.75, 3.05) is 18.6 Å². The molecular weight excluding hydrogens is 308 g/mol. The van der Waals surface area contributed by atoms with Crippen LogP contribution in [0.2, 0.25) is 0 Å². The molecule has 2 heterocycles. The number of nitro groups is 2. The average Bonchev–Trinajstić information content (AvgIpc) is 2.86. The van der Waals surface area contributed by atoms with E-state index in [2.05, 4.69) is 14.9 Å². The van der Waals surface area contributed by atoms with Crippen LogP contribution in [0.15, 0.2) is 4.63 Å². The van der Waals surface area contributed by atoms with Crippen LogP contribution in [0.4, 0.5) is 11.6 Å². The zero-order valence-electron chi connectivity index (χ0n) is 11.4. The van der Waals surface area contributed by atoms with Crippen molar-refractivity contribution < 1.29 is 28.8 Å². The van der Waals surface area contributed by atoms with E-state index in [1.54, 1.807) is 0 Å². The van der Waals surface area contributed by atoms with E-state index in [1.165, 1.54) is 13.8 Å². The van der Waals surface area contributed by atoms with Crippen molar-refractivity contribution in [3.05, 3.63) is 25.1 Å². The number of aromatic nitrogens is 2. The monoisotopic (exact) mass is 319 g/mol. The Bertz CT molecular complexity index is 616. The fraction of sp³-hybridized carbons (Fsp3) is 0.750. The van der Waals surface area contributed by atoms with Crippen LogP contribution >= 0.6 is 0 Å². The van der Waals surface area contributed by atoms with E-state index in [1.807, 2.05) is 5.43 Å². The fourth-order valence-electron chi connectivity index (χ4n) is 1.53. The molecule has 0 radical (unpaired) electrons. The Kier molecular flexibility index (Phi) is 3.72. The van der Waals surface area contributed by atoms with Crippen LogP contribution in [0.25, 0.3) is 0 Å². The zero-order valence-corrected chi connectivity index (χ0v) is 11.4. The molecular formula is C8H11N6O8+. The number of ether oxygens (including phenoxy) is 2. The second kappa shape index (κ2) is 5.23. The Morgan fingerprint density at radius 1 is 1.14 bits per heavy atom. The molecule has 0 amide bonds. The minimum atomic E-state index is -2.34. The summed E-state index contributed by atoms with van der Waals surface area (Å²) in [6, 6.07) is 0. The van der Waals surface area contributed by atoms with Crippen molar-refractivity contribution in [1.82, 2.24) is 10.3 Å². The molecule has 1 aromatic rings. The van der Waals surface area contributed by atoms with E-state index in [0.717, 1.165) is 0 Å². The summed E-state index contributed by atoms with van der Waals surface area (Å²) < 4.78 is 14.4. The van der Waals surface area contributed by atoms with Gasteiger partial charge >= 0.3 is 17.3 Å². The third-order valence-electron chi connectivity index (χ3n) is 2.87. The molecule has 0 saturated carbocycles. The van der Waals surface area contributed by atoms with Gasteiger partial charge in [-0.2, -0.15) is 0 Å². The second-order valence-corrected chi connectivity index (χ2v) is 4.82. The van der Waals surface area contributed by atoms with Gasteiger partial charge < -0.3 is 19.6 Å². The van der Waals surface area contributed by atoms with Crippen LogP contribution < -0.4 is 5.43 Å². The third kappa shape index (κ3) is 2.68. The van der Waals surface area contributed by atoms with Crippen molar-refractivity contribution >= 4 is 11.6 Å². The Morgan fingerprint density at radius 2 is 1.73 bits per heavy atom. The molecule has 0 unspecified atom stereocenters. The second-order valence-electron chi connectivity index (χ2n) is 4.82. The normalized spacial score (nSPS) is 19.4. The lowest BCUT2D eigenvalue weighted by Gasteiger charge is -2.32. The highest BCUT2D eigenvalue weighted by Gasteiger charge is 2.65. The van der Waals surface area contributed by atoms with Crippen molar-refractivity contribution in [2.45, 2.75) is 25.3 Å². The first kappa shape index (κ1) is 15.6. The van der Waals surface area contributed by atoms with Gasteiger partial charge in [0.1, 0.15) is 4.92 Å². The van der Waals surface area contributed by atoms with Gasteiger partial charge in [0.25, 0.3) is 0 Å². The quantitative estimate of drug-likeness (QED) is 0.330. The lowest BCUT2D eigenvalue weighted by molar-refractivity contribution is -0.823. The van der Waals surface area contributed by atoms with Gasteiger partial charge in [-0.25, -0.2) is 0 Å². The number of anilines is 1. The maximum atomic E-state index is 12.1. The standard InChI is InChI=1S/C8H11N6O8/c1-7(2)20-3-8(4-21-7,14(18)19)13(17)9-5-6(12(15)16)11-22-10-5/h3-4H2,1-2H3,(H,9,10,17)/q+1. The zero-order chi connectivity index (χ0) is 16.5. The summed E-state index contributed by atoms with van der Waals surface area (Å²) in [7, 11) is 0. The molecule has 1 aliphatic heterocycles. The highest BCUT2D eigenvalue weighted by Crippen LogP contribution is 2.27. The summed E-state index contributed by atoms with van der Waals surface area (Å²) in [5.41, 5.74) is -0.487. The first-order chi connectivity index (χ1) is 10.2. The first-order valence-corrected chi connectivity index (χ1v) is 5.81. The predicted octanol–water partition coefficient (Wildman–Crippen LogP) is -0.161. The van der Waals surface area contributed by atoms with Gasteiger partial charge in [0.05, 0.1) is 4.91 Å². The highest BCUT2D eigenvalue weighted by molar-refractivity contribution is 5.46. The van der Waals surface area contributed by atoms with E-state index in [4.69, 9.17) is 9.47 Å². The molecule has 1 saturated heterocycles. The number of hydrogen-bond donors (Lipinski definition) is 1. The highest BCUT2D eigenvalue weighted by atomic mass is 16.7. The minimum Gasteiger partial charge on any atom is -0.358 e. The Labute approximate surface area is 121 Å². The van der Waals surface area contributed by atoms with Gasteiger partial charge in [-0.05, 0) is 18.8 Å². The molecule has 1 aromatic heterocycles. The largest absolute Gasteiger partial charge is 0.522 e. The van der Waals surface area contributed by atoms with Crippen molar-refractivity contribution in [2.24, 2.45) is 0 Å². The Balaban J connectivity index is 2.23. The summed E-state index contributed by atoms with van der Waals surface area (Å²) in [4.78, 5) is 31.8. The van der Waals surface area contributed by atoms with Gasteiger partial charge in [-0.3, -0.25) is 10.1 Å². The number of nitroso groups, excluding NO2 is 1. The molecule has 2 rings (SSSR count). The number of nitrogens with one attached hydrogen (secondary N) is 1. The number of hydrogen-bond acceptors (Lipinski definition) is 10. The summed E-state index contributed by atoms with van der Waals surface area (Å²) in [6.45, 7) is 1.82. The van der Waals surface area contributed by atoms with Gasteiger partial charge in [0.15, 0.2) is 24.2 Å². The molecule has 22 heavy (non-hydrogen) atoms. The molecule has 0 aliphatic carbocycles. The van der Waals surface area contributed by atoms with Crippen molar-refractivity contribution in [3.63, 3.8) is 0 Å². The maximum absolute atomic E-state index is 12.1. The number of rotatable bonds is 5. The number of hydrazine groups is 1. The van der Waals surface area contributed by atoms with E-state index in [0.29, 0.717) is 0 Å². The molecule has 0 spiro atoms. The minimum absolute atomic E-state index is 0.241. The first-order valence-electron chi connectivity index (χ1n) is 5.81. The molecule has 0 aromatic carbocycles. The van der Waals surface area contributed by atoms with E-state index < -0.39 is 46.1 Å². The van der Waals surface area contributed by atoms with E-state index in [9.17, 15) is 25.1 Å². The van der Waals surface area contributed by atoms with Crippen molar-refractivity contribution in [1.29, 1.82) is 0 Å². The fourth-order valence-corrected chi connectivity index (χ4v) is 1.53.